The molecule has 0 aliphatic carbocycles. The molecular weight excluding hydrogens is 318 g/mol. The minimum absolute atomic E-state index is 0.609. The van der Waals surface area contributed by atoms with E-state index in [0.29, 0.717) is 13.2 Å². The van der Waals surface area contributed by atoms with Crippen LogP contribution in [0, 0.1) is 6.92 Å². The molecule has 0 N–H and O–H groups in total. The van der Waals surface area contributed by atoms with Gasteiger partial charge in [-0.1, -0.05) is 40.8 Å². The Morgan fingerprint density at radius 1 is 1.23 bits per heavy atom. The van der Waals surface area contributed by atoms with Crippen LogP contribution in [-0.2, 0) is 6.54 Å². The number of ether oxygens (including phenoxy) is 1. The number of hydrogen-bond donors (Lipinski definition) is 0. The highest BCUT2D eigenvalue weighted by molar-refractivity contribution is 8.01. The van der Waals surface area contributed by atoms with Gasteiger partial charge < -0.3 is 4.74 Å². The molecule has 0 radical (unpaired) electrons. The number of aryl methyl sites for hydroxylation is 1. The molecule has 0 amide bonds. The van der Waals surface area contributed by atoms with Crippen LogP contribution in [0.25, 0.3) is 0 Å². The predicted molar refractivity (Wildman–Crippen MR) is 86.4 cm³/mol. The van der Waals surface area contributed by atoms with Crippen molar-refractivity contribution in [1.29, 1.82) is 0 Å². The van der Waals surface area contributed by atoms with Gasteiger partial charge in [-0.2, -0.15) is 5.10 Å². The Bertz CT molecular complexity index is 696. The Hall–Kier alpha value is -1.93. The Labute approximate surface area is 136 Å². The molecule has 0 aliphatic heterocycles. The molecule has 3 rings (SSSR count). The molecule has 3 aromatic rings. The first-order valence-electron chi connectivity index (χ1n) is 6.77. The number of rotatable bonds is 7. The summed E-state index contributed by atoms with van der Waals surface area (Å²) >= 11 is 3.23. The van der Waals surface area contributed by atoms with Crippen LogP contribution in [0.5, 0.6) is 5.75 Å². The van der Waals surface area contributed by atoms with Crippen molar-refractivity contribution in [2.75, 3.05) is 12.4 Å². The quantitative estimate of drug-likeness (QED) is 0.489. The van der Waals surface area contributed by atoms with Crippen molar-refractivity contribution in [3.05, 3.63) is 47.5 Å². The molecule has 22 heavy (non-hydrogen) atoms. The highest BCUT2D eigenvalue weighted by Gasteiger charge is 2.06. The summed E-state index contributed by atoms with van der Waals surface area (Å²) in [7, 11) is 0. The molecule has 0 aliphatic rings. The Morgan fingerprint density at radius 3 is 2.86 bits per heavy atom. The van der Waals surface area contributed by atoms with Crippen LogP contribution >= 0.6 is 23.1 Å². The second-order valence-electron chi connectivity index (χ2n) is 4.56. The fraction of sp³-hybridized carbons (Fsp3) is 0.286. The van der Waals surface area contributed by atoms with Gasteiger partial charge in [-0.25, -0.2) is 9.67 Å². The average Bonchev–Trinajstić information content (AvgIpc) is 3.18. The number of hydrogen-bond acceptors (Lipinski definition) is 7. The van der Waals surface area contributed by atoms with Gasteiger partial charge in [0.15, 0.2) is 4.34 Å². The van der Waals surface area contributed by atoms with Crippen LogP contribution in [0.1, 0.15) is 10.6 Å². The Balaban J connectivity index is 1.42. The standard InChI is InChI=1S/C14H15N5OS2/c1-11-2-4-12(5-3-11)20-6-7-21-14-18-17-13(22-14)8-19-10-15-9-16-19/h2-5,9-10H,6-8H2,1H3. The van der Waals surface area contributed by atoms with E-state index in [1.54, 1.807) is 34.1 Å². The zero-order chi connectivity index (χ0) is 15.2. The minimum atomic E-state index is 0.609. The molecule has 0 spiro atoms. The van der Waals surface area contributed by atoms with Gasteiger partial charge in [-0.05, 0) is 19.1 Å². The fourth-order valence-corrected chi connectivity index (χ4v) is 3.51. The molecular formula is C14H15N5OS2. The largest absolute Gasteiger partial charge is 0.493 e. The summed E-state index contributed by atoms with van der Waals surface area (Å²) in [6.45, 7) is 3.32. The Kier molecular flexibility index (Phi) is 5.02. The maximum absolute atomic E-state index is 5.69. The molecule has 0 unspecified atom stereocenters. The number of aromatic nitrogens is 5. The molecule has 0 saturated carbocycles. The van der Waals surface area contributed by atoms with E-state index in [1.165, 1.54) is 11.9 Å². The summed E-state index contributed by atoms with van der Waals surface area (Å²) in [5.41, 5.74) is 1.23. The summed E-state index contributed by atoms with van der Waals surface area (Å²) in [4.78, 5) is 3.91. The number of thioether (sulfide) groups is 1. The van der Waals surface area contributed by atoms with Crippen LogP contribution in [0.15, 0.2) is 41.3 Å². The molecule has 0 atom stereocenters. The van der Waals surface area contributed by atoms with Crippen molar-refractivity contribution in [3.8, 4) is 5.75 Å². The molecule has 114 valence electrons. The predicted octanol–water partition coefficient (Wildman–Crippen LogP) is 2.66. The second-order valence-corrected chi connectivity index (χ2v) is 6.97. The van der Waals surface area contributed by atoms with Crippen molar-refractivity contribution in [3.63, 3.8) is 0 Å². The SMILES string of the molecule is Cc1ccc(OCCSc2nnc(Cn3cncn3)s2)cc1. The van der Waals surface area contributed by atoms with E-state index in [2.05, 4.69) is 27.2 Å². The summed E-state index contributed by atoms with van der Waals surface area (Å²) < 4.78 is 8.37. The third-order valence-corrected chi connectivity index (χ3v) is 4.82. The first-order valence-corrected chi connectivity index (χ1v) is 8.57. The first kappa shape index (κ1) is 15.0. The molecule has 2 aromatic heterocycles. The number of benzene rings is 1. The monoisotopic (exact) mass is 333 g/mol. The number of nitrogens with zero attached hydrogens (tertiary/aromatic N) is 5. The third-order valence-electron chi connectivity index (χ3n) is 2.81. The van der Waals surface area contributed by atoms with Crippen LogP contribution in [0.2, 0.25) is 0 Å². The van der Waals surface area contributed by atoms with E-state index in [9.17, 15) is 0 Å². The topological polar surface area (TPSA) is 65.7 Å². The summed E-state index contributed by atoms with van der Waals surface area (Å²) in [6, 6.07) is 8.07. The van der Waals surface area contributed by atoms with Crippen molar-refractivity contribution < 1.29 is 4.74 Å². The average molecular weight is 333 g/mol. The first-order chi connectivity index (χ1) is 10.8. The maximum atomic E-state index is 5.69. The van der Waals surface area contributed by atoms with Gasteiger partial charge in [0.05, 0.1) is 13.2 Å². The maximum Gasteiger partial charge on any atom is 0.174 e. The highest BCUT2D eigenvalue weighted by atomic mass is 32.2. The van der Waals surface area contributed by atoms with Crippen LogP contribution in [0.4, 0.5) is 0 Å². The van der Waals surface area contributed by atoms with Gasteiger partial charge in [0.25, 0.3) is 0 Å². The lowest BCUT2D eigenvalue weighted by Crippen LogP contribution is -1.99. The molecule has 6 nitrogen and oxygen atoms in total. The lowest BCUT2D eigenvalue weighted by Gasteiger charge is -2.04. The fourth-order valence-electron chi connectivity index (χ4n) is 1.74. The highest BCUT2D eigenvalue weighted by Crippen LogP contribution is 2.23. The van der Waals surface area contributed by atoms with E-state index in [1.807, 2.05) is 24.3 Å². The minimum Gasteiger partial charge on any atom is -0.493 e. The van der Waals surface area contributed by atoms with Crippen molar-refractivity contribution in [2.24, 2.45) is 0 Å². The van der Waals surface area contributed by atoms with E-state index in [-0.39, 0.29) is 0 Å². The van der Waals surface area contributed by atoms with Gasteiger partial charge in [0.1, 0.15) is 23.4 Å². The summed E-state index contributed by atoms with van der Waals surface area (Å²) in [5, 5.41) is 13.3. The van der Waals surface area contributed by atoms with Gasteiger partial charge in [0.2, 0.25) is 0 Å². The van der Waals surface area contributed by atoms with Crippen LogP contribution < -0.4 is 4.74 Å². The van der Waals surface area contributed by atoms with Crippen molar-refractivity contribution in [2.45, 2.75) is 17.8 Å². The lowest BCUT2D eigenvalue weighted by molar-refractivity contribution is 0.344. The van der Waals surface area contributed by atoms with Gasteiger partial charge in [0, 0.05) is 5.75 Å². The molecule has 1 aromatic carbocycles. The normalized spacial score (nSPS) is 10.8. The summed E-state index contributed by atoms with van der Waals surface area (Å²) in [5.74, 6) is 1.74. The summed E-state index contributed by atoms with van der Waals surface area (Å²) in [6.07, 6.45) is 3.18. The van der Waals surface area contributed by atoms with Crippen LogP contribution in [-0.4, -0.2) is 37.3 Å². The van der Waals surface area contributed by atoms with Crippen molar-refractivity contribution in [1.82, 2.24) is 25.0 Å². The molecule has 0 fully saturated rings. The van der Waals surface area contributed by atoms with E-state index in [0.717, 1.165) is 20.8 Å². The Morgan fingerprint density at radius 2 is 2.09 bits per heavy atom. The molecule has 0 saturated heterocycles. The smallest absolute Gasteiger partial charge is 0.174 e. The lowest BCUT2D eigenvalue weighted by atomic mass is 10.2. The molecule has 8 heteroatoms. The second kappa shape index (κ2) is 7.37. The van der Waals surface area contributed by atoms with Crippen LogP contribution in [0.3, 0.4) is 0 Å². The van der Waals surface area contributed by atoms with Gasteiger partial charge >= 0.3 is 0 Å². The molecule has 0 bridgehead atoms. The zero-order valence-electron chi connectivity index (χ0n) is 12.0. The van der Waals surface area contributed by atoms with E-state index in [4.69, 9.17) is 4.74 Å². The van der Waals surface area contributed by atoms with Gasteiger partial charge in [-0.3, -0.25) is 0 Å². The van der Waals surface area contributed by atoms with Crippen molar-refractivity contribution >= 4 is 23.1 Å². The zero-order valence-corrected chi connectivity index (χ0v) is 13.7. The van der Waals surface area contributed by atoms with Gasteiger partial charge in [-0.15, -0.1) is 10.2 Å². The van der Waals surface area contributed by atoms with E-state index >= 15 is 0 Å². The third kappa shape index (κ3) is 4.28. The molecule has 2 heterocycles. The van der Waals surface area contributed by atoms with E-state index < -0.39 is 0 Å².